The first-order valence-corrected chi connectivity index (χ1v) is 9.54. The van der Waals surface area contributed by atoms with E-state index >= 15 is 0 Å². The molecular formula is C21H16N4O2S. The zero-order chi connectivity index (χ0) is 19.5. The van der Waals surface area contributed by atoms with Crippen LogP contribution in [0.2, 0.25) is 0 Å². The summed E-state index contributed by atoms with van der Waals surface area (Å²) in [7, 11) is 1.82. The summed E-state index contributed by atoms with van der Waals surface area (Å²) in [6.45, 7) is 0. The van der Waals surface area contributed by atoms with Gasteiger partial charge >= 0.3 is 0 Å². The van der Waals surface area contributed by atoms with Crippen molar-refractivity contribution < 1.29 is 9.52 Å². The molecule has 0 aliphatic heterocycles. The average molecular weight is 388 g/mol. The molecule has 0 saturated carbocycles. The number of oxazole rings is 1. The van der Waals surface area contributed by atoms with Crippen molar-refractivity contribution in [3.8, 4) is 17.4 Å². The first kappa shape index (κ1) is 17.9. The Kier molecular flexibility index (Phi) is 4.87. The third-order valence-electron chi connectivity index (χ3n) is 4.29. The van der Waals surface area contributed by atoms with E-state index < -0.39 is 0 Å². The predicted molar refractivity (Wildman–Crippen MR) is 109 cm³/mol. The fourth-order valence-electron chi connectivity index (χ4n) is 2.88. The smallest absolute Gasteiger partial charge is 0.256 e. The van der Waals surface area contributed by atoms with Gasteiger partial charge in [0.25, 0.3) is 5.22 Å². The van der Waals surface area contributed by atoms with E-state index in [4.69, 9.17) is 4.42 Å². The van der Waals surface area contributed by atoms with Gasteiger partial charge in [0, 0.05) is 12.6 Å². The fraction of sp³-hybridized carbons (Fsp3) is 0.0952. The largest absolute Gasteiger partial charge is 0.510 e. The van der Waals surface area contributed by atoms with Crippen LogP contribution in [0, 0.1) is 11.3 Å². The van der Waals surface area contributed by atoms with Gasteiger partial charge in [-0.25, -0.2) is 9.97 Å². The van der Waals surface area contributed by atoms with Crippen LogP contribution < -0.4 is 0 Å². The van der Waals surface area contributed by atoms with Crippen LogP contribution in [0.4, 0.5) is 0 Å². The molecule has 0 fully saturated rings. The summed E-state index contributed by atoms with van der Waals surface area (Å²) in [6.07, 6.45) is 1.65. The first-order valence-electron chi connectivity index (χ1n) is 8.55. The summed E-state index contributed by atoms with van der Waals surface area (Å²) >= 11 is 1.22. The van der Waals surface area contributed by atoms with Gasteiger partial charge in [0.2, 0.25) is 0 Å². The number of thioether (sulfide) groups is 1. The molecule has 138 valence electrons. The van der Waals surface area contributed by atoms with Gasteiger partial charge in [-0.3, -0.25) is 0 Å². The summed E-state index contributed by atoms with van der Waals surface area (Å²) in [6, 6.07) is 19.3. The van der Waals surface area contributed by atoms with Crippen molar-refractivity contribution in [1.29, 1.82) is 5.26 Å². The number of aliphatic hydroxyl groups excluding tert-OH is 1. The number of aryl methyl sites for hydroxylation is 1. The van der Waals surface area contributed by atoms with E-state index in [-0.39, 0.29) is 17.1 Å². The molecular weight excluding hydrogens is 372 g/mol. The van der Waals surface area contributed by atoms with Crippen molar-refractivity contribution in [3.05, 3.63) is 72.4 Å². The zero-order valence-corrected chi connectivity index (χ0v) is 15.8. The number of nitriles is 1. The molecule has 4 aromatic rings. The molecule has 2 aromatic heterocycles. The number of para-hydroxylation sites is 2. The van der Waals surface area contributed by atoms with E-state index in [1.54, 1.807) is 10.8 Å². The molecule has 0 aliphatic carbocycles. The van der Waals surface area contributed by atoms with Crippen LogP contribution in [0.15, 0.2) is 76.2 Å². The minimum atomic E-state index is -0.0645. The Labute approximate surface area is 165 Å². The lowest BCUT2D eigenvalue weighted by molar-refractivity contribution is 0.418. The predicted octanol–water partition coefficient (Wildman–Crippen LogP) is 4.81. The van der Waals surface area contributed by atoms with E-state index in [0.29, 0.717) is 16.8 Å². The molecule has 0 radical (unpaired) electrons. The van der Waals surface area contributed by atoms with Crippen LogP contribution in [-0.2, 0) is 7.05 Å². The summed E-state index contributed by atoms with van der Waals surface area (Å²) in [5.74, 6) is 1.17. The average Bonchev–Trinajstić information content (AvgIpc) is 3.33. The number of fused-ring (bicyclic) bond motifs is 1. The molecule has 4 rings (SSSR count). The van der Waals surface area contributed by atoms with E-state index in [1.165, 1.54) is 11.8 Å². The van der Waals surface area contributed by atoms with Crippen LogP contribution in [0.25, 0.3) is 27.9 Å². The monoisotopic (exact) mass is 388 g/mol. The van der Waals surface area contributed by atoms with Crippen LogP contribution in [-0.4, -0.2) is 25.4 Å². The van der Waals surface area contributed by atoms with E-state index in [0.717, 1.165) is 16.6 Å². The standard InChI is InChI=1S/C21H16N4O2S/c1-25-17-10-6-5-9-16(17)24-20(25)15(11-22)18(26)13-28-21-23-12-19(27-21)14-7-3-2-4-8-14/h2-10,12,26H,13H2,1H3. The van der Waals surface area contributed by atoms with Crippen LogP contribution in [0.3, 0.4) is 0 Å². The van der Waals surface area contributed by atoms with Gasteiger partial charge < -0.3 is 14.1 Å². The molecule has 0 saturated heterocycles. The Morgan fingerprint density at radius 2 is 1.93 bits per heavy atom. The maximum absolute atomic E-state index is 10.5. The number of imidazole rings is 1. The number of nitrogens with zero attached hydrogens (tertiary/aromatic N) is 4. The molecule has 28 heavy (non-hydrogen) atoms. The van der Waals surface area contributed by atoms with Crippen molar-refractivity contribution in [2.24, 2.45) is 7.05 Å². The molecule has 0 amide bonds. The number of aromatic nitrogens is 3. The van der Waals surface area contributed by atoms with E-state index in [9.17, 15) is 10.4 Å². The Bertz CT molecular complexity index is 1200. The topological polar surface area (TPSA) is 87.9 Å². The molecule has 6 nitrogen and oxygen atoms in total. The quantitative estimate of drug-likeness (QED) is 0.300. The highest BCUT2D eigenvalue weighted by atomic mass is 32.2. The van der Waals surface area contributed by atoms with Crippen molar-refractivity contribution in [2.75, 3.05) is 5.75 Å². The molecule has 0 atom stereocenters. The van der Waals surface area contributed by atoms with Gasteiger partial charge in [-0.1, -0.05) is 54.2 Å². The van der Waals surface area contributed by atoms with Crippen molar-refractivity contribution in [3.63, 3.8) is 0 Å². The number of aliphatic hydroxyl groups is 1. The second-order valence-electron chi connectivity index (χ2n) is 6.06. The normalized spacial score (nSPS) is 12.0. The molecule has 0 unspecified atom stereocenters. The number of allylic oxidation sites excluding steroid dienone is 1. The second kappa shape index (κ2) is 7.62. The molecule has 0 bridgehead atoms. The van der Waals surface area contributed by atoms with Crippen molar-refractivity contribution in [1.82, 2.24) is 14.5 Å². The maximum Gasteiger partial charge on any atom is 0.256 e. The van der Waals surface area contributed by atoms with E-state index in [1.807, 2.05) is 61.6 Å². The summed E-state index contributed by atoms with van der Waals surface area (Å²) in [5.41, 5.74) is 2.74. The number of hydrogen-bond donors (Lipinski definition) is 1. The Hall–Kier alpha value is -3.50. The van der Waals surface area contributed by atoms with Crippen molar-refractivity contribution >= 4 is 28.4 Å². The third kappa shape index (κ3) is 3.38. The highest BCUT2D eigenvalue weighted by Crippen LogP contribution is 2.28. The molecule has 2 aromatic carbocycles. The fourth-order valence-corrected chi connectivity index (χ4v) is 3.56. The Morgan fingerprint density at radius 3 is 2.68 bits per heavy atom. The summed E-state index contributed by atoms with van der Waals surface area (Å²) in [4.78, 5) is 8.71. The van der Waals surface area contributed by atoms with Gasteiger partial charge in [-0.2, -0.15) is 5.26 Å². The summed E-state index contributed by atoms with van der Waals surface area (Å²) in [5, 5.41) is 20.5. The lowest BCUT2D eigenvalue weighted by Crippen LogP contribution is -2.00. The van der Waals surface area contributed by atoms with Gasteiger partial charge in [0.05, 0.1) is 23.0 Å². The summed E-state index contributed by atoms with van der Waals surface area (Å²) < 4.78 is 7.52. The Balaban J connectivity index is 1.56. The zero-order valence-electron chi connectivity index (χ0n) is 15.0. The van der Waals surface area contributed by atoms with Gasteiger partial charge in [0.15, 0.2) is 11.6 Å². The number of rotatable bonds is 5. The molecule has 1 N–H and O–H groups in total. The highest BCUT2D eigenvalue weighted by Gasteiger charge is 2.17. The van der Waals surface area contributed by atoms with Crippen LogP contribution >= 0.6 is 11.8 Å². The lowest BCUT2D eigenvalue weighted by atomic mass is 10.2. The highest BCUT2D eigenvalue weighted by molar-refractivity contribution is 7.99. The maximum atomic E-state index is 10.5. The molecule has 0 aliphatic rings. The SMILES string of the molecule is Cn1c(C(C#N)=C(O)CSc2ncc(-c3ccccc3)o2)nc2ccccc21. The molecule has 0 spiro atoms. The van der Waals surface area contributed by atoms with Crippen molar-refractivity contribution in [2.45, 2.75) is 5.22 Å². The molecule has 7 heteroatoms. The Morgan fingerprint density at radius 1 is 1.18 bits per heavy atom. The second-order valence-corrected chi connectivity index (χ2v) is 6.99. The number of hydrogen-bond acceptors (Lipinski definition) is 6. The van der Waals surface area contributed by atoms with Gasteiger partial charge in [0.1, 0.15) is 17.4 Å². The lowest BCUT2D eigenvalue weighted by Gasteiger charge is -2.04. The van der Waals surface area contributed by atoms with Gasteiger partial charge in [-0.05, 0) is 12.1 Å². The van der Waals surface area contributed by atoms with E-state index in [2.05, 4.69) is 16.0 Å². The minimum absolute atomic E-state index is 0.0645. The third-order valence-corrected chi connectivity index (χ3v) is 5.14. The van der Waals surface area contributed by atoms with Crippen LogP contribution in [0.1, 0.15) is 5.82 Å². The van der Waals surface area contributed by atoms with Gasteiger partial charge in [-0.15, -0.1) is 0 Å². The first-order chi connectivity index (χ1) is 13.7. The van der Waals surface area contributed by atoms with Crippen LogP contribution in [0.5, 0.6) is 0 Å². The minimum Gasteiger partial charge on any atom is -0.510 e. The number of benzene rings is 2. The molecule has 2 heterocycles.